The topological polar surface area (TPSA) is 42.4 Å². The second-order valence-electron chi connectivity index (χ2n) is 4.55. The molecule has 0 N–H and O–H groups in total. The Morgan fingerprint density at radius 3 is 3.00 bits per heavy atom. The number of ether oxygens (including phenoxy) is 1. The maximum atomic E-state index is 11.7. The minimum Gasteiger partial charge on any atom is -0.465 e. The summed E-state index contributed by atoms with van der Waals surface area (Å²) in [5, 5.41) is 0. The Hall–Kier alpha value is -1.10. The van der Waals surface area contributed by atoms with Crippen molar-refractivity contribution in [1.29, 1.82) is 0 Å². The van der Waals surface area contributed by atoms with Crippen molar-refractivity contribution in [3.05, 3.63) is 22.3 Å². The Balaban J connectivity index is 2.31. The van der Waals surface area contributed by atoms with E-state index in [2.05, 4.69) is 32.7 Å². The van der Waals surface area contributed by atoms with E-state index in [4.69, 9.17) is 4.74 Å². The van der Waals surface area contributed by atoms with Gasteiger partial charge < -0.3 is 9.64 Å². The lowest BCUT2D eigenvalue weighted by Gasteiger charge is -2.34. The van der Waals surface area contributed by atoms with Gasteiger partial charge in [-0.1, -0.05) is 0 Å². The van der Waals surface area contributed by atoms with Gasteiger partial charge in [-0.2, -0.15) is 0 Å². The molecule has 5 heteroatoms. The Bertz CT molecular complexity index is 451. The zero-order valence-corrected chi connectivity index (χ0v) is 12.2. The zero-order valence-electron chi connectivity index (χ0n) is 10.6. The van der Waals surface area contributed by atoms with E-state index in [0.717, 1.165) is 12.4 Å². The highest BCUT2D eigenvalue weighted by molar-refractivity contribution is 9.10. The van der Waals surface area contributed by atoms with Crippen molar-refractivity contribution in [2.75, 3.05) is 18.6 Å². The predicted molar refractivity (Wildman–Crippen MR) is 73.9 cm³/mol. The van der Waals surface area contributed by atoms with Crippen LogP contribution < -0.4 is 4.90 Å². The number of anilines is 1. The number of methoxy groups -OCH3 is 1. The number of aromatic nitrogens is 1. The van der Waals surface area contributed by atoms with E-state index >= 15 is 0 Å². The molecule has 1 aliphatic rings. The molecule has 2 heterocycles. The summed E-state index contributed by atoms with van der Waals surface area (Å²) in [7, 11) is 1.39. The first-order chi connectivity index (χ1) is 8.63. The number of carbonyl (C=O) groups is 1. The van der Waals surface area contributed by atoms with Gasteiger partial charge >= 0.3 is 5.97 Å². The first-order valence-electron chi connectivity index (χ1n) is 6.14. The van der Waals surface area contributed by atoms with Gasteiger partial charge in [0.25, 0.3) is 0 Å². The maximum absolute atomic E-state index is 11.7. The molecule has 0 aromatic carbocycles. The third-order valence-corrected chi connectivity index (χ3v) is 3.98. The van der Waals surface area contributed by atoms with E-state index < -0.39 is 0 Å². The second kappa shape index (κ2) is 5.69. The highest BCUT2D eigenvalue weighted by Crippen LogP contribution is 2.26. The first-order valence-corrected chi connectivity index (χ1v) is 6.93. The SMILES string of the molecule is COC(=O)c1cc(N2CCCCC2C)ncc1Br. The molecular formula is C13H17BrN2O2. The van der Waals surface area contributed by atoms with Crippen LogP contribution in [0, 0.1) is 0 Å². The summed E-state index contributed by atoms with van der Waals surface area (Å²) in [6, 6.07) is 2.27. The van der Waals surface area contributed by atoms with Crippen LogP contribution >= 0.6 is 15.9 Å². The van der Waals surface area contributed by atoms with E-state index in [0.29, 0.717) is 16.1 Å². The Morgan fingerprint density at radius 2 is 2.33 bits per heavy atom. The fourth-order valence-electron chi connectivity index (χ4n) is 2.29. The van der Waals surface area contributed by atoms with Gasteiger partial charge in [0.2, 0.25) is 0 Å². The third kappa shape index (κ3) is 2.66. The largest absolute Gasteiger partial charge is 0.465 e. The lowest BCUT2D eigenvalue weighted by molar-refractivity contribution is 0.0599. The van der Waals surface area contributed by atoms with Crippen LogP contribution in [0.2, 0.25) is 0 Å². The van der Waals surface area contributed by atoms with Crippen molar-refractivity contribution >= 4 is 27.7 Å². The average Bonchev–Trinajstić information content (AvgIpc) is 2.39. The van der Waals surface area contributed by atoms with E-state index in [1.165, 1.54) is 26.4 Å². The molecule has 1 aromatic heterocycles. The molecule has 1 atom stereocenters. The molecule has 0 spiro atoms. The maximum Gasteiger partial charge on any atom is 0.339 e. The van der Waals surface area contributed by atoms with Crippen LogP contribution in [0.3, 0.4) is 0 Å². The fraction of sp³-hybridized carbons (Fsp3) is 0.538. The summed E-state index contributed by atoms with van der Waals surface area (Å²) >= 11 is 3.33. The molecule has 0 bridgehead atoms. The highest BCUT2D eigenvalue weighted by atomic mass is 79.9. The van der Waals surface area contributed by atoms with Crippen LogP contribution in [0.15, 0.2) is 16.7 Å². The molecule has 0 aliphatic carbocycles. The minimum atomic E-state index is -0.338. The zero-order chi connectivity index (χ0) is 13.1. The number of hydrogen-bond donors (Lipinski definition) is 0. The average molecular weight is 313 g/mol. The van der Waals surface area contributed by atoms with Gasteiger partial charge in [-0.15, -0.1) is 0 Å². The summed E-state index contributed by atoms with van der Waals surface area (Å²) in [5.74, 6) is 0.515. The number of halogens is 1. The summed E-state index contributed by atoms with van der Waals surface area (Å²) in [4.78, 5) is 18.3. The molecule has 0 amide bonds. The van der Waals surface area contributed by atoms with Crippen molar-refractivity contribution in [3.63, 3.8) is 0 Å². The smallest absolute Gasteiger partial charge is 0.339 e. The normalized spacial score (nSPS) is 19.7. The Morgan fingerprint density at radius 1 is 1.56 bits per heavy atom. The number of pyridine rings is 1. The fourth-order valence-corrected chi connectivity index (χ4v) is 2.67. The Kier molecular flexibility index (Phi) is 4.22. The van der Waals surface area contributed by atoms with Crippen molar-refractivity contribution < 1.29 is 9.53 Å². The molecule has 1 aromatic rings. The van der Waals surface area contributed by atoms with Crippen LogP contribution in [0.1, 0.15) is 36.5 Å². The highest BCUT2D eigenvalue weighted by Gasteiger charge is 2.21. The van der Waals surface area contributed by atoms with Crippen molar-refractivity contribution in [3.8, 4) is 0 Å². The molecule has 18 heavy (non-hydrogen) atoms. The summed E-state index contributed by atoms with van der Waals surface area (Å²) in [6.07, 6.45) is 5.28. The van der Waals surface area contributed by atoms with Gasteiger partial charge in [-0.3, -0.25) is 0 Å². The van der Waals surface area contributed by atoms with Gasteiger partial charge in [0, 0.05) is 18.8 Å². The summed E-state index contributed by atoms with van der Waals surface area (Å²) < 4.78 is 5.44. The summed E-state index contributed by atoms with van der Waals surface area (Å²) in [5.41, 5.74) is 0.528. The predicted octanol–water partition coefficient (Wildman–Crippen LogP) is 3.01. The molecule has 1 aliphatic heterocycles. The number of nitrogens with zero attached hydrogens (tertiary/aromatic N) is 2. The van der Waals surface area contributed by atoms with Crippen LogP contribution in [-0.2, 0) is 4.74 Å². The van der Waals surface area contributed by atoms with Gasteiger partial charge in [-0.25, -0.2) is 9.78 Å². The third-order valence-electron chi connectivity index (χ3n) is 3.34. The van der Waals surface area contributed by atoms with E-state index in [1.54, 1.807) is 12.3 Å². The second-order valence-corrected chi connectivity index (χ2v) is 5.41. The van der Waals surface area contributed by atoms with E-state index in [1.807, 2.05) is 0 Å². The van der Waals surface area contributed by atoms with Gasteiger partial charge in [-0.05, 0) is 48.2 Å². The standard InChI is InChI=1S/C13H17BrN2O2/c1-9-5-3-4-6-16(9)12-7-10(13(17)18-2)11(14)8-15-12/h7-9H,3-6H2,1-2H3. The molecule has 0 saturated carbocycles. The Labute approximate surface area is 115 Å². The number of carbonyl (C=O) groups excluding carboxylic acids is 1. The van der Waals surface area contributed by atoms with E-state index in [9.17, 15) is 4.79 Å². The van der Waals surface area contributed by atoms with Gasteiger partial charge in [0.15, 0.2) is 0 Å². The van der Waals surface area contributed by atoms with Crippen LogP contribution in [0.5, 0.6) is 0 Å². The molecule has 1 fully saturated rings. The number of esters is 1. The molecule has 4 nitrogen and oxygen atoms in total. The van der Waals surface area contributed by atoms with Crippen LogP contribution in [0.4, 0.5) is 5.82 Å². The molecule has 2 rings (SSSR count). The van der Waals surface area contributed by atoms with E-state index in [-0.39, 0.29) is 5.97 Å². The quantitative estimate of drug-likeness (QED) is 0.787. The number of piperidine rings is 1. The molecule has 98 valence electrons. The number of hydrogen-bond acceptors (Lipinski definition) is 4. The van der Waals surface area contributed by atoms with Crippen LogP contribution in [-0.4, -0.2) is 30.6 Å². The lowest BCUT2D eigenvalue weighted by Crippen LogP contribution is -2.38. The first kappa shape index (κ1) is 13.3. The van der Waals surface area contributed by atoms with Gasteiger partial charge in [0.05, 0.1) is 17.1 Å². The summed E-state index contributed by atoms with van der Waals surface area (Å²) in [6.45, 7) is 3.19. The van der Waals surface area contributed by atoms with Crippen molar-refractivity contribution in [1.82, 2.24) is 4.98 Å². The lowest BCUT2D eigenvalue weighted by atomic mass is 10.0. The number of rotatable bonds is 2. The monoisotopic (exact) mass is 312 g/mol. The minimum absolute atomic E-state index is 0.338. The molecule has 1 saturated heterocycles. The van der Waals surface area contributed by atoms with Crippen LogP contribution in [0.25, 0.3) is 0 Å². The molecular weight excluding hydrogens is 296 g/mol. The van der Waals surface area contributed by atoms with Crippen molar-refractivity contribution in [2.24, 2.45) is 0 Å². The van der Waals surface area contributed by atoms with Crippen molar-refractivity contribution in [2.45, 2.75) is 32.2 Å². The molecule has 1 unspecified atom stereocenters. The van der Waals surface area contributed by atoms with Gasteiger partial charge in [0.1, 0.15) is 5.82 Å². The molecule has 0 radical (unpaired) electrons.